The lowest BCUT2D eigenvalue weighted by Crippen LogP contribution is -2.50. The van der Waals surface area contributed by atoms with Crippen molar-refractivity contribution in [2.75, 3.05) is 0 Å². The lowest BCUT2D eigenvalue weighted by Gasteiger charge is -2.30. The molecule has 0 bridgehead atoms. The van der Waals surface area contributed by atoms with Crippen molar-refractivity contribution in [2.24, 2.45) is 5.84 Å². The highest BCUT2D eigenvalue weighted by Gasteiger charge is 2.26. The van der Waals surface area contributed by atoms with E-state index in [-0.39, 0.29) is 11.7 Å². The summed E-state index contributed by atoms with van der Waals surface area (Å²) >= 11 is 0. The number of hydrogen-bond acceptors (Lipinski definition) is 3. The molecule has 1 aromatic heterocycles. The first-order valence-electron chi connectivity index (χ1n) is 6.55. The molecular formula is C16H20N2O2. The number of benzene rings is 1. The van der Waals surface area contributed by atoms with Crippen molar-refractivity contribution in [1.29, 1.82) is 0 Å². The van der Waals surface area contributed by atoms with E-state index in [1.54, 1.807) is 12.1 Å². The normalized spacial score (nSPS) is 11.4. The standard InChI is InChI=1S/C16H20N2O2/c1-11-5-7-12(8-6-11)13-9-10-14(20-13)15(19)18(17)16(2,3)4/h5-10H,17H2,1-4H3. The fourth-order valence-corrected chi connectivity index (χ4v) is 1.75. The molecule has 1 amide bonds. The molecule has 106 valence electrons. The summed E-state index contributed by atoms with van der Waals surface area (Å²) in [6.07, 6.45) is 0. The third-order valence-corrected chi connectivity index (χ3v) is 3.09. The molecule has 0 saturated carbocycles. The van der Waals surface area contributed by atoms with E-state index < -0.39 is 5.54 Å². The number of carbonyl (C=O) groups excluding carboxylic acids is 1. The maximum absolute atomic E-state index is 12.2. The Morgan fingerprint density at radius 3 is 2.25 bits per heavy atom. The SMILES string of the molecule is Cc1ccc(-c2ccc(C(=O)N(N)C(C)(C)C)o2)cc1. The molecule has 0 unspecified atom stereocenters. The second-order valence-electron chi connectivity index (χ2n) is 5.88. The number of hydrogen-bond donors (Lipinski definition) is 1. The molecule has 0 aliphatic rings. The molecule has 20 heavy (non-hydrogen) atoms. The van der Waals surface area contributed by atoms with Crippen LogP contribution in [0, 0.1) is 6.92 Å². The minimum Gasteiger partial charge on any atom is -0.451 e. The molecule has 0 fully saturated rings. The summed E-state index contributed by atoms with van der Waals surface area (Å²) in [5, 5.41) is 1.19. The van der Waals surface area contributed by atoms with Crippen molar-refractivity contribution in [1.82, 2.24) is 5.01 Å². The van der Waals surface area contributed by atoms with Crippen LogP contribution >= 0.6 is 0 Å². The van der Waals surface area contributed by atoms with E-state index in [0.717, 1.165) is 5.56 Å². The van der Waals surface area contributed by atoms with Crippen LogP contribution in [0.4, 0.5) is 0 Å². The molecule has 0 aliphatic carbocycles. The number of hydrazine groups is 1. The molecule has 2 N–H and O–H groups in total. The first-order valence-corrected chi connectivity index (χ1v) is 6.55. The van der Waals surface area contributed by atoms with Gasteiger partial charge >= 0.3 is 5.91 Å². The molecule has 0 aliphatic heterocycles. The van der Waals surface area contributed by atoms with E-state index in [1.807, 2.05) is 52.0 Å². The van der Waals surface area contributed by atoms with Crippen LogP contribution in [0.25, 0.3) is 11.3 Å². The quantitative estimate of drug-likeness (QED) is 0.518. The van der Waals surface area contributed by atoms with Gasteiger partial charge in [-0.15, -0.1) is 0 Å². The molecule has 2 aromatic rings. The van der Waals surface area contributed by atoms with Gasteiger partial charge in [0.1, 0.15) is 5.76 Å². The Balaban J connectivity index is 2.25. The van der Waals surface area contributed by atoms with Crippen molar-refractivity contribution in [3.63, 3.8) is 0 Å². The number of amides is 1. The lowest BCUT2D eigenvalue weighted by molar-refractivity contribution is 0.0549. The smallest absolute Gasteiger partial charge is 0.303 e. The molecule has 4 heteroatoms. The van der Waals surface area contributed by atoms with Gasteiger partial charge in [-0.25, -0.2) is 5.84 Å². The summed E-state index contributed by atoms with van der Waals surface area (Å²) in [6, 6.07) is 11.4. The zero-order valence-electron chi connectivity index (χ0n) is 12.3. The largest absolute Gasteiger partial charge is 0.451 e. The van der Waals surface area contributed by atoms with Gasteiger partial charge in [-0.05, 0) is 39.8 Å². The number of rotatable bonds is 2. The Labute approximate surface area is 119 Å². The Morgan fingerprint density at radius 2 is 1.70 bits per heavy atom. The van der Waals surface area contributed by atoms with Gasteiger partial charge in [0.25, 0.3) is 0 Å². The van der Waals surface area contributed by atoms with Crippen molar-refractivity contribution in [3.8, 4) is 11.3 Å². The molecule has 1 aromatic carbocycles. The zero-order valence-corrected chi connectivity index (χ0v) is 12.3. The second-order valence-corrected chi connectivity index (χ2v) is 5.88. The van der Waals surface area contributed by atoms with Gasteiger partial charge in [0.05, 0.1) is 5.54 Å². The van der Waals surface area contributed by atoms with Crippen LogP contribution in [0.5, 0.6) is 0 Å². The van der Waals surface area contributed by atoms with Crippen LogP contribution < -0.4 is 5.84 Å². The van der Waals surface area contributed by atoms with Gasteiger partial charge in [-0.2, -0.15) is 0 Å². The minimum atomic E-state index is -0.451. The second kappa shape index (κ2) is 5.13. The lowest BCUT2D eigenvalue weighted by atomic mass is 10.1. The highest BCUT2D eigenvalue weighted by atomic mass is 16.4. The number of nitrogens with zero attached hydrogens (tertiary/aromatic N) is 1. The van der Waals surface area contributed by atoms with E-state index in [4.69, 9.17) is 10.3 Å². The van der Waals surface area contributed by atoms with Crippen molar-refractivity contribution in [2.45, 2.75) is 33.2 Å². The Kier molecular flexibility index (Phi) is 3.68. The summed E-state index contributed by atoms with van der Waals surface area (Å²) < 4.78 is 5.62. The highest BCUT2D eigenvalue weighted by molar-refractivity contribution is 5.92. The number of aryl methyl sites for hydroxylation is 1. The third kappa shape index (κ3) is 2.91. The summed E-state index contributed by atoms with van der Waals surface area (Å²) in [4.78, 5) is 12.2. The molecule has 0 spiro atoms. The fraction of sp³-hybridized carbons (Fsp3) is 0.312. The van der Waals surface area contributed by atoms with Gasteiger partial charge in [0.15, 0.2) is 5.76 Å². The van der Waals surface area contributed by atoms with E-state index in [0.29, 0.717) is 5.76 Å². The van der Waals surface area contributed by atoms with E-state index in [2.05, 4.69) is 0 Å². The average Bonchev–Trinajstić information content (AvgIpc) is 2.86. The van der Waals surface area contributed by atoms with Crippen molar-refractivity contribution >= 4 is 5.91 Å². The van der Waals surface area contributed by atoms with Crippen LogP contribution in [-0.2, 0) is 0 Å². The van der Waals surface area contributed by atoms with E-state index in [9.17, 15) is 4.79 Å². The predicted molar refractivity (Wildman–Crippen MR) is 79.0 cm³/mol. The first kappa shape index (κ1) is 14.3. The molecule has 4 nitrogen and oxygen atoms in total. The van der Waals surface area contributed by atoms with Gasteiger partial charge in [-0.3, -0.25) is 9.80 Å². The maximum atomic E-state index is 12.2. The van der Waals surface area contributed by atoms with E-state index in [1.165, 1.54) is 10.6 Å². The fourth-order valence-electron chi connectivity index (χ4n) is 1.75. The molecule has 0 radical (unpaired) electrons. The molecule has 0 atom stereocenters. The minimum absolute atomic E-state index is 0.248. The highest BCUT2D eigenvalue weighted by Crippen LogP contribution is 2.24. The first-order chi connectivity index (χ1) is 9.29. The Morgan fingerprint density at radius 1 is 1.10 bits per heavy atom. The number of nitrogens with two attached hydrogens (primary N) is 1. The van der Waals surface area contributed by atoms with Gasteiger partial charge in [0.2, 0.25) is 0 Å². The zero-order chi connectivity index (χ0) is 14.9. The summed E-state index contributed by atoms with van der Waals surface area (Å²) in [6.45, 7) is 7.63. The molecular weight excluding hydrogens is 252 g/mol. The Bertz CT molecular complexity index is 606. The third-order valence-electron chi connectivity index (χ3n) is 3.09. The van der Waals surface area contributed by atoms with E-state index >= 15 is 0 Å². The topological polar surface area (TPSA) is 59.5 Å². The van der Waals surface area contributed by atoms with Crippen molar-refractivity contribution in [3.05, 3.63) is 47.7 Å². The molecule has 0 saturated heterocycles. The average molecular weight is 272 g/mol. The summed E-state index contributed by atoms with van der Waals surface area (Å²) in [7, 11) is 0. The van der Waals surface area contributed by atoms with Crippen LogP contribution in [-0.4, -0.2) is 16.5 Å². The maximum Gasteiger partial charge on any atom is 0.303 e. The van der Waals surface area contributed by atoms with Crippen LogP contribution in [0.1, 0.15) is 36.9 Å². The number of carbonyl (C=O) groups is 1. The van der Waals surface area contributed by atoms with Gasteiger partial charge in [0, 0.05) is 5.56 Å². The van der Waals surface area contributed by atoms with Crippen molar-refractivity contribution < 1.29 is 9.21 Å². The number of furan rings is 1. The molecule has 1 heterocycles. The van der Waals surface area contributed by atoms with Crippen LogP contribution in [0.3, 0.4) is 0 Å². The predicted octanol–water partition coefficient (Wildman–Crippen LogP) is 3.37. The molecule has 2 rings (SSSR count). The van der Waals surface area contributed by atoms with Gasteiger partial charge in [-0.1, -0.05) is 29.8 Å². The summed E-state index contributed by atoms with van der Waals surface area (Å²) in [5.41, 5.74) is 1.67. The monoisotopic (exact) mass is 272 g/mol. The van der Waals surface area contributed by atoms with Crippen LogP contribution in [0.2, 0.25) is 0 Å². The van der Waals surface area contributed by atoms with Crippen LogP contribution in [0.15, 0.2) is 40.8 Å². The summed E-state index contributed by atoms with van der Waals surface area (Å²) in [5.74, 6) is 6.41. The Hall–Kier alpha value is -2.07. The van der Waals surface area contributed by atoms with Gasteiger partial charge < -0.3 is 4.42 Å².